The summed E-state index contributed by atoms with van der Waals surface area (Å²) in [5.41, 5.74) is 0. The molecule has 30 unspecified atom stereocenters. The number of carboxylic acids is 5. The van der Waals surface area contributed by atoms with Gasteiger partial charge in [-0.3, -0.25) is 24.0 Å². The molecule has 0 N–H and O–H groups in total. The SMILES string of the molecule is O=C([O-])C1C2CC3C(OC(=O)C31)C2Br.O=C([O-])C1C2CC3C(OC(=O)C31)C2Br.O=C([O-])C1C2CC3C(OC(=O)C31)C2Br.O=C([O-])C1C2CC3C(OC(=O)C31)C2Br.O=C([O-])C1C2CC3C(OC(=O)C31)C2Br.[Ta+5]. The van der Waals surface area contributed by atoms with Crippen molar-refractivity contribution >= 4 is 139 Å². The Kier molecular flexibility index (Phi) is 13.7. The molecule has 10 bridgehead atoms. The molecule has 15 rings (SSSR count). The van der Waals surface area contributed by atoms with Crippen molar-refractivity contribution in [2.24, 2.45) is 118 Å². The second-order valence-corrected chi connectivity index (χ2v) is 26.7. The molecule has 20 nitrogen and oxygen atoms in total. The second-order valence-electron chi connectivity index (χ2n) is 21.4. The van der Waals surface area contributed by atoms with Gasteiger partial charge in [0.15, 0.2) is 0 Å². The minimum Gasteiger partial charge on any atom is -0.550 e. The van der Waals surface area contributed by atoms with Gasteiger partial charge in [0, 0.05) is 89.0 Å². The summed E-state index contributed by atoms with van der Waals surface area (Å²) in [4.78, 5) is 112. The van der Waals surface area contributed by atoms with E-state index < -0.39 is 89.0 Å². The maximum absolute atomic E-state index is 11.4. The van der Waals surface area contributed by atoms with Crippen LogP contribution in [0.1, 0.15) is 32.1 Å². The number of halogens is 5. The van der Waals surface area contributed by atoms with Gasteiger partial charge in [-0.25, -0.2) is 0 Å². The fourth-order valence-corrected chi connectivity index (χ4v) is 21.7. The average Bonchev–Trinajstić information content (AvgIpc) is 4.12. The normalized spacial score (nSPS) is 52.9. The Bertz CT molecular complexity index is 2020. The van der Waals surface area contributed by atoms with Crippen LogP contribution in [-0.4, -0.2) is 114 Å². The smallest absolute Gasteiger partial charge is 0.550 e. The van der Waals surface area contributed by atoms with Gasteiger partial charge in [0.1, 0.15) is 30.5 Å². The molecule has 15 fully saturated rings. The molecule has 5 saturated heterocycles. The first-order valence-corrected chi connectivity index (χ1v) is 27.9. The molecule has 0 spiro atoms. The Morgan fingerprint density at radius 3 is 0.577 bits per heavy atom. The summed E-state index contributed by atoms with van der Waals surface area (Å²) in [5, 5.41) is 54.7. The van der Waals surface area contributed by atoms with Gasteiger partial charge in [-0.15, -0.1) is 0 Å². The number of carbonyl (C=O) groups excluding carboxylic acids is 10. The quantitative estimate of drug-likeness (QED) is 0.147. The van der Waals surface area contributed by atoms with Gasteiger partial charge in [-0.05, 0) is 61.7 Å². The van der Waals surface area contributed by atoms with E-state index in [1.165, 1.54) is 0 Å². The third-order valence-corrected chi connectivity index (χ3v) is 25.0. The van der Waals surface area contributed by atoms with E-state index in [2.05, 4.69) is 79.6 Å². The zero-order valence-electron chi connectivity index (χ0n) is 36.4. The largest absolute Gasteiger partial charge is 5.00 e. The molecule has 15 aliphatic rings. The number of ether oxygens (including phenoxy) is 5. The van der Waals surface area contributed by atoms with Crippen LogP contribution in [0.4, 0.5) is 0 Å². The Labute approximate surface area is 460 Å². The molecule has 5 aliphatic heterocycles. The zero-order chi connectivity index (χ0) is 50.2. The number of aliphatic carboxylic acids is 5. The first-order chi connectivity index (χ1) is 33.0. The van der Waals surface area contributed by atoms with Crippen LogP contribution in [0.15, 0.2) is 0 Å². The van der Waals surface area contributed by atoms with E-state index in [0.29, 0.717) is 0 Å². The van der Waals surface area contributed by atoms with Crippen molar-refractivity contribution < 1.29 is 120 Å². The number of hydrogen-bond donors (Lipinski definition) is 0. The van der Waals surface area contributed by atoms with Gasteiger partial charge >= 0.3 is 52.2 Å². The standard InChI is InChI=1S/5C9H9BrO4.Ta/c5*10-6-2-1-3-5(4(2)8(11)12)9(13)14-7(3)6;/h5*2-7H,1H2,(H,11,12);/q;;;;;+5/p-5. The molecule has 71 heavy (non-hydrogen) atoms. The van der Waals surface area contributed by atoms with E-state index in [4.69, 9.17) is 23.7 Å². The topological polar surface area (TPSA) is 332 Å². The molecule has 10 saturated carbocycles. The third-order valence-electron chi connectivity index (χ3n) is 19.0. The molecule has 10 aliphatic carbocycles. The number of esters is 5. The molecule has 0 aromatic carbocycles. The predicted molar refractivity (Wildman–Crippen MR) is 231 cm³/mol. The van der Waals surface area contributed by atoms with E-state index >= 15 is 0 Å². The number of carboxylic acid groups (broad SMARTS) is 5. The fourth-order valence-electron chi connectivity index (χ4n) is 16.5. The van der Waals surface area contributed by atoms with Crippen LogP contribution in [0.5, 0.6) is 0 Å². The van der Waals surface area contributed by atoms with Gasteiger partial charge in [-0.2, -0.15) is 0 Å². The monoisotopic (exact) mass is 1480 g/mol. The van der Waals surface area contributed by atoms with Crippen molar-refractivity contribution in [1.82, 2.24) is 0 Å². The first kappa shape index (κ1) is 52.3. The van der Waals surface area contributed by atoms with Crippen molar-refractivity contribution in [1.29, 1.82) is 0 Å². The number of hydrogen-bond acceptors (Lipinski definition) is 20. The molecule has 0 aromatic rings. The first-order valence-electron chi connectivity index (χ1n) is 23.3. The third kappa shape index (κ3) is 7.51. The Morgan fingerprint density at radius 2 is 0.451 bits per heavy atom. The van der Waals surface area contributed by atoms with Crippen LogP contribution in [0.25, 0.3) is 0 Å². The Morgan fingerprint density at radius 1 is 0.310 bits per heavy atom. The zero-order valence-corrected chi connectivity index (χ0v) is 47.5. The molecule has 380 valence electrons. The maximum atomic E-state index is 11.4. The molecule has 5 heterocycles. The van der Waals surface area contributed by atoms with Gasteiger partial charge in [0.2, 0.25) is 0 Å². The maximum Gasteiger partial charge on any atom is 5.00 e. The Hall–Kier alpha value is -2.16. The molecule has 26 heteroatoms. The summed E-state index contributed by atoms with van der Waals surface area (Å²) in [6.07, 6.45) is 3.35. The van der Waals surface area contributed by atoms with Crippen LogP contribution in [0, 0.1) is 118 Å². The average molecular weight is 1480 g/mol. The van der Waals surface area contributed by atoms with Crippen LogP contribution in [0.3, 0.4) is 0 Å². The number of rotatable bonds is 5. The molecule has 0 amide bonds. The van der Waals surface area contributed by atoms with E-state index in [0.717, 1.165) is 32.1 Å². The summed E-state index contributed by atoms with van der Waals surface area (Å²) in [5.74, 6) is -12.2. The van der Waals surface area contributed by atoms with E-state index in [1.807, 2.05) is 0 Å². The summed E-state index contributed by atoms with van der Waals surface area (Å²) >= 11 is 17.1. The summed E-state index contributed by atoms with van der Waals surface area (Å²) in [6, 6.07) is 0. The van der Waals surface area contributed by atoms with Crippen LogP contribution >= 0.6 is 79.6 Å². The molecular formula is C45H40Br5O20Ta. The minimum atomic E-state index is -1.11. The molecule has 0 radical (unpaired) electrons. The number of carbonyl (C=O) groups is 10. The van der Waals surface area contributed by atoms with Crippen LogP contribution in [-0.2, 0) is 94.0 Å². The van der Waals surface area contributed by atoms with E-state index in [-0.39, 0.29) is 166 Å². The van der Waals surface area contributed by atoms with Crippen molar-refractivity contribution in [3.63, 3.8) is 0 Å². The fraction of sp³-hybridized carbons (Fsp3) is 0.778. The number of fused-ring (bicyclic) bond motifs is 5. The minimum absolute atomic E-state index is 0. The van der Waals surface area contributed by atoms with Crippen molar-refractivity contribution in [3.8, 4) is 0 Å². The molecule has 0 aromatic heterocycles. The Balaban J connectivity index is 0.000000102. The molecular weight excluding hydrogens is 1440 g/mol. The summed E-state index contributed by atoms with van der Waals surface area (Å²) in [6.45, 7) is 0. The van der Waals surface area contributed by atoms with Crippen molar-refractivity contribution in [3.05, 3.63) is 0 Å². The van der Waals surface area contributed by atoms with Crippen LogP contribution < -0.4 is 25.5 Å². The van der Waals surface area contributed by atoms with E-state index in [1.54, 1.807) is 0 Å². The second kappa shape index (κ2) is 18.5. The van der Waals surface area contributed by atoms with E-state index in [9.17, 15) is 73.5 Å². The van der Waals surface area contributed by atoms with Gasteiger partial charge in [0.25, 0.3) is 0 Å². The summed E-state index contributed by atoms with van der Waals surface area (Å²) in [7, 11) is 0. The van der Waals surface area contributed by atoms with Crippen molar-refractivity contribution in [2.75, 3.05) is 0 Å². The predicted octanol–water partition coefficient (Wildman–Crippen LogP) is -3.47. The van der Waals surface area contributed by atoms with Crippen LogP contribution in [0.2, 0.25) is 0 Å². The van der Waals surface area contributed by atoms with Gasteiger partial charge in [-0.1, -0.05) is 79.6 Å². The number of alkyl halides is 5. The van der Waals surface area contributed by atoms with Crippen molar-refractivity contribution in [2.45, 2.75) is 86.8 Å². The summed E-state index contributed by atoms with van der Waals surface area (Å²) < 4.78 is 25.8. The van der Waals surface area contributed by atoms with Gasteiger partial charge in [0.05, 0.1) is 53.7 Å². The molecule has 30 atom stereocenters. The van der Waals surface area contributed by atoms with Gasteiger partial charge < -0.3 is 73.2 Å².